The summed E-state index contributed by atoms with van der Waals surface area (Å²) in [5.41, 5.74) is 2.62. The third kappa shape index (κ3) is 7.37. The molecule has 0 aliphatic carbocycles. The minimum atomic E-state index is -4.37. The number of hydrogen-bond donors (Lipinski definition) is 3. The average Bonchev–Trinajstić information content (AvgIpc) is 3.23. The molecule has 2 aromatic carbocycles. The van der Waals surface area contributed by atoms with Gasteiger partial charge in [0.2, 0.25) is 5.91 Å². The highest BCUT2D eigenvalue weighted by molar-refractivity contribution is 7.87. The molecular formula is C23H25N3O6S2. The Morgan fingerprint density at radius 1 is 1.06 bits per heavy atom. The predicted octanol–water partition coefficient (Wildman–Crippen LogP) is 3.10. The highest BCUT2D eigenvalue weighted by atomic mass is 32.2. The summed E-state index contributed by atoms with van der Waals surface area (Å²) in [7, 11) is -3.13. The molecule has 180 valence electrons. The number of thiazole rings is 1. The number of amides is 1. The quantitative estimate of drug-likeness (QED) is 0.220. The van der Waals surface area contributed by atoms with Gasteiger partial charge in [0.1, 0.15) is 10.9 Å². The number of nitrogens with zero attached hydrogens (tertiary/aromatic N) is 1. The van der Waals surface area contributed by atoms with Crippen molar-refractivity contribution in [3.05, 3.63) is 81.8 Å². The lowest BCUT2D eigenvalue weighted by Crippen LogP contribution is -2.40. The van der Waals surface area contributed by atoms with Crippen molar-refractivity contribution in [2.45, 2.75) is 25.8 Å². The summed E-state index contributed by atoms with van der Waals surface area (Å²) < 4.78 is 37.8. The molecule has 11 heteroatoms. The first-order valence-corrected chi connectivity index (χ1v) is 12.6. The van der Waals surface area contributed by atoms with Crippen LogP contribution >= 0.6 is 11.3 Å². The second-order valence-electron chi connectivity index (χ2n) is 7.63. The molecule has 3 N–H and O–H groups in total. The highest BCUT2D eigenvalue weighted by Gasteiger charge is 2.30. The molecule has 9 nitrogen and oxygen atoms in total. The van der Waals surface area contributed by atoms with Crippen LogP contribution in [-0.2, 0) is 37.5 Å². The van der Waals surface area contributed by atoms with Crippen molar-refractivity contribution in [1.29, 1.82) is 0 Å². The summed E-state index contributed by atoms with van der Waals surface area (Å²) in [6, 6.07) is 15.0. The van der Waals surface area contributed by atoms with Crippen LogP contribution in [0.1, 0.15) is 27.9 Å². The number of anilines is 1. The molecule has 0 saturated heterocycles. The zero-order chi connectivity index (χ0) is 24.7. The Kier molecular flexibility index (Phi) is 8.37. The van der Waals surface area contributed by atoms with E-state index in [4.69, 9.17) is 9.29 Å². The standard InChI is InChI=1S/C23H25N3O6S2/c1-15-14-33-22(24-15)20(13-17-8-10-18(11-9-17)26-34(29,30)31)25-21(27)19(23(28)32-2)12-16-6-4-3-5-7-16/h3-11,14,19-20,26H,12-13H2,1-2H3,(H,25,27)(H,29,30,31)/t19-,20-/m0/s1. The van der Waals surface area contributed by atoms with Crippen LogP contribution in [0.25, 0.3) is 0 Å². The molecule has 1 aromatic heterocycles. The number of nitrogens with one attached hydrogen (secondary N) is 2. The van der Waals surface area contributed by atoms with E-state index >= 15 is 0 Å². The Hall–Kier alpha value is -3.28. The van der Waals surface area contributed by atoms with Crippen LogP contribution < -0.4 is 10.0 Å². The number of esters is 1. The zero-order valence-corrected chi connectivity index (χ0v) is 20.2. The molecule has 0 fully saturated rings. The summed E-state index contributed by atoms with van der Waals surface area (Å²) in [5.74, 6) is -2.13. The molecule has 0 saturated carbocycles. The smallest absolute Gasteiger partial charge is 0.357 e. The number of aromatic nitrogens is 1. The van der Waals surface area contributed by atoms with Gasteiger partial charge < -0.3 is 10.1 Å². The number of aryl methyl sites for hydroxylation is 1. The fraction of sp³-hybridized carbons (Fsp3) is 0.261. The van der Waals surface area contributed by atoms with Crippen molar-refractivity contribution < 1.29 is 27.3 Å². The van der Waals surface area contributed by atoms with Crippen molar-refractivity contribution in [1.82, 2.24) is 10.3 Å². The molecule has 0 aliphatic heterocycles. The van der Waals surface area contributed by atoms with Gasteiger partial charge in [-0.3, -0.25) is 18.9 Å². The Morgan fingerprint density at radius 2 is 1.71 bits per heavy atom. The third-order valence-electron chi connectivity index (χ3n) is 4.98. The molecule has 0 aliphatic rings. The summed E-state index contributed by atoms with van der Waals surface area (Å²) in [4.78, 5) is 30.1. The van der Waals surface area contributed by atoms with Crippen LogP contribution in [0.3, 0.4) is 0 Å². The molecular weight excluding hydrogens is 478 g/mol. The van der Waals surface area contributed by atoms with Crippen LogP contribution in [-0.4, -0.2) is 36.9 Å². The van der Waals surface area contributed by atoms with E-state index in [9.17, 15) is 18.0 Å². The van der Waals surface area contributed by atoms with Gasteiger partial charge >= 0.3 is 16.3 Å². The van der Waals surface area contributed by atoms with Crippen molar-refractivity contribution >= 4 is 39.2 Å². The van der Waals surface area contributed by atoms with Crippen LogP contribution in [0.15, 0.2) is 60.0 Å². The van der Waals surface area contributed by atoms with Gasteiger partial charge in [0.05, 0.1) is 18.8 Å². The predicted molar refractivity (Wildman–Crippen MR) is 129 cm³/mol. The molecule has 0 radical (unpaired) electrons. The summed E-state index contributed by atoms with van der Waals surface area (Å²) in [6.45, 7) is 1.85. The van der Waals surface area contributed by atoms with E-state index in [1.807, 2.05) is 47.4 Å². The molecule has 0 unspecified atom stereocenters. The molecule has 3 aromatic rings. The van der Waals surface area contributed by atoms with Crippen molar-refractivity contribution in [2.75, 3.05) is 11.8 Å². The van der Waals surface area contributed by atoms with Crippen molar-refractivity contribution in [3.63, 3.8) is 0 Å². The first-order valence-electron chi connectivity index (χ1n) is 10.3. The van der Waals surface area contributed by atoms with E-state index in [0.29, 0.717) is 11.4 Å². The first kappa shape index (κ1) is 25.3. The van der Waals surface area contributed by atoms with E-state index in [0.717, 1.165) is 16.8 Å². The van der Waals surface area contributed by atoms with E-state index in [-0.39, 0.29) is 12.1 Å². The minimum absolute atomic E-state index is 0.193. The van der Waals surface area contributed by atoms with Crippen LogP contribution in [0.4, 0.5) is 5.69 Å². The van der Waals surface area contributed by atoms with Gasteiger partial charge in [-0.2, -0.15) is 8.42 Å². The van der Waals surface area contributed by atoms with E-state index in [2.05, 4.69) is 10.3 Å². The van der Waals surface area contributed by atoms with Crippen molar-refractivity contribution in [3.8, 4) is 0 Å². The highest BCUT2D eigenvalue weighted by Crippen LogP contribution is 2.24. The van der Waals surface area contributed by atoms with Gasteiger partial charge in [0.15, 0.2) is 0 Å². The Bertz CT molecular complexity index is 1230. The van der Waals surface area contributed by atoms with Crippen molar-refractivity contribution in [2.24, 2.45) is 5.92 Å². The van der Waals surface area contributed by atoms with Crippen LogP contribution in [0.2, 0.25) is 0 Å². The van der Waals surface area contributed by atoms with E-state index in [1.165, 1.54) is 30.6 Å². The van der Waals surface area contributed by atoms with Crippen LogP contribution in [0, 0.1) is 12.8 Å². The molecule has 1 heterocycles. The molecule has 2 atom stereocenters. The fourth-order valence-corrected chi connectivity index (χ4v) is 4.65. The van der Waals surface area contributed by atoms with Gasteiger partial charge in [0.25, 0.3) is 0 Å². The molecule has 1 amide bonds. The molecule has 34 heavy (non-hydrogen) atoms. The normalized spacial score (nSPS) is 13.0. The second-order valence-corrected chi connectivity index (χ2v) is 9.68. The number of ether oxygens (including phenoxy) is 1. The van der Waals surface area contributed by atoms with Gasteiger partial charge in [-0.05, 0) is 43.0 Å². The van der Waals surface area contributed by atoms with Gasteiger partial charge in [-0.1, -0.05) is 42.5 Å². The number of methoxy groups -OCH3 is 1. The van der Waals surface area contributed by atoms with Crippen LogP contribution in [0.5, 0.6) is 0 Å². The Balaban J connectivity index is 1.81. The summed E-state index contributed by atoms with van der Waals surface area (Å²) in [5, 5.41) is 5.49. The number of rotatable bonds is 10. The monoisotopic (exact) mass is 503 g/mol. The first-order chi connectivity index (χ1) is 16.1. The minimum Gasteiger partial charge on any atom is -0.468 e. The second kappa shape index (κ2) is 11.2. The summed E-state index contributed by atoms with van der Waals surface area (Å²) in [6.07, 6.45) is 0.545. The SMILES string of the molecule is COC(=O)[C@@H](Cc1ccccc1)C(=O)N[C@@H](Cc1ccc(NS(=O)(=O)O)cc1)c1nc(C)cs1. The van der Waals surface area contributed by atoms with E-state index < -0.39 is 34.1 Å². The number of carbonyl (C=O) groups is 2. The van der Waals surface area contributed by atoms with E-state index in [1.54, 1.807) is 12.1 Å². The van der Waals surface area contributed by atoms with Gasteiger partial charge in [0, 0.05) is 11.1 Å². The maximum absolute atomic E-state index is 13.2. The largest absolute Gasteiger partial charge is 0.468 e. The van der Waals surface area contributed by atoms with Gasteiger partial charge in [-0.15, -0.1) is 11.3 Å². The number of hydrogen-bond acceptors (Lipinski definition) is 7. The summed E-state index contributed by atoms with van der Waals surface area (Å²) >= 11 is 1.39. The molecule has 0 spiro atoms. The lowest BCUT2D eigenvalue weighted by molar-refractivity contribution is -0.150. The Labute approximate surface area is 202 Å². The zero-order valence-electron chi connectivity index (χ0n) is 18.6. The lowest BCUT2D eigenvalue weighted by Gasteiger charge is -2.21. The third-order valence-corrected chi connectivity index (χ3v) is 6.55. The fourth-order valence-electron chi connectivity index (χ4n) is 3.37. The number of benzene rings is 2. The molecule has 0 bridgehead atoms. The maximum Gasteiger partial charge on any atom is 0.357 e. The average molecular weight is 504 g/mol. The Morgan fingerprint density at radius 3 is 2.26 bits per heavy atom. The maximum atomic E-state index is 13.2. The topological polar surface area (TPSA) is 135 Å². The van der Waals surface area contributed by atoms with Gasteiger partial charge in [-0.25, -0.2) is 4.98 Å². The lowest BCUT2D eigenvalue weighted by atomic mass is 9.97. The molecule has 3 rings (SSSR count). The number of carbonyl (C=O) groups excluding carboxylic acids is 2.